The molecular formula is C15H22N2O3. The van der Waals surface area contributed by atoms with Gasteiger partial charge in [0.25, 0.3) is 0 Å². The number of nitrogens with one attached hydrogen (secondary N) is 1. The normalized spacial score (nSPS) is 17.6. The van der Waals surface area contributed by atoms with Crippen molar-refractivity contribution >= 4 is 5.91 Å². The number of benzene rings is 1. The van der Waals surface area contributed by atoms with Crippen molar-refractivity contribution in [3.63, 3.8) is 0 Å². The predicted molar refractivity (Wildman–Crippen MR) is 76.5 cm³/mol. The molecule has 0 aliphatic carbocycles. The first-order chi connectivity index (χ1) is 9.55. The van der Waals surface area contributed by atoms with Crippen molar-refractivity contribution in [3.8, 4) is 5.75 Å². The Morgan fingerprint density at radius 3 is 2.80 bits per heavy atom. The minimum atomic E-state index is -0.809. The Balaban J connectivity index is 1.99. The van der Waals surface area contributed by atoms with E-state index in [2.05, 4.69) is 5.32 Å². The number of ether oxygens (including phenoxy) is 2. The van der Waals surface area contributed by atoms with E-state index in [0.29, 0.717) is 32.6 Å². The lowest BCUT2D eigenvalue weighted by molar-refractivity contribution is -0.129. The average molecular weight is 278 g/mol. The Morgan fingerprint density at radius 1 is 1.45 bits per heavy atom. The van der Waals surface area contributed by atoms with Gasteiger partial charge in [0.2, 0.25) is 5.91 Å². The molecule has 1 aromatic carbocycles. The van der Waals surface area contributed by atoms with Crippen LogP contribution >= 0.6 is 0 Å². The Bertz CT molecular complexity index is 482. The zero-order valence-electron chi connectivity index (χ0n) is 12.1. The molecule has 1 aliphatic rings. The van der Waals surface area contributed by atoms with E-state index >= 15 is 0 Å². The van der Waals surface area contributed by atoms with E-state index in [1.165, 1.54) is 0 Å². The number of hydrogen-bond acceptors (Lipinski definition) is 4. The lowest BCUT2D eigenvalue weighted by atomic mass is 9.90. The van der Waals surface area contributed by atoms with Crippen LogP contribution in [0.4, 0.5) is 0 Å². The topological polar surface area (TPSA) is 73.6 Å². The highest BCUT2D eigenvalue weighted by Crippen LogP contribution is 2.21. The smallest absolute Gasteiger partial charge is 0.240 e. The highest BCUT2D eigenvalue weighted by molar-refractivity contribution is 5.86. The van der Waals surface area contributed by atoms with Crippen molar-refractivity contribution in [1.29, 1.82) is 0 Å². The van der Waals surface area contributed by atoms with Crippen LogP contribution in [-0.4, -0.2) is 31.8 Å². The van der Waals surface area contributed by atoms with E-state index in [9.17, 15) is 4.79 Å². The van der Waals surface area contributed by atoms with Crippen LogP contribution in [0.5, 0.6) is 5.75 Å². The molecule has 0 spiro atoms. The molecule has 2 rings (SSSR count). The fourth-order valence-electron chi connectivity index (χ4n) is 2.31. The second kappa shape index (κ2) is 6.24. The standard InChI is InChI=1S/C15H22N2O3/c1-11-3-4-12(13(9-11)19-2)10-17-14(18)15(16)5-7-20-8-6-15/h3-4,9H,5-8,10,16H2,1-2H3,(H,17,18). The van der Waals surface area contributed by atoms with Gasteiger partial charge in [-0.05, 0) is 31.4 Å². The van der Waals surface area contributed by atoms with E-state index < -0.39 is 5.54 Å². The van der Waals surface area contributed by atoms with Crippen LogP contribution in [0.3, 0.4) is 0 Å². The number of rotatable bonds is 4. The largest absolute Gasteiger partial charge is 0.496 e. The van der Waals surface area contributed by atoms with Crippen LogP contribution in [0.25, 0.3) is 0 Å². The maximum atomic E-state index is 12.2. The molecule has 0 saturated carbocycles. The van der Waals surface area contributed by atoms with Gasteiger partial charge < -0.3 is 20.5 Å². The van der Waals surface area contributed by atoms with Gasteiger partial charge in [0.15, 0.2) is 0 Å². The monoisotopic (exact) mass is 278 g/mol. The molecule has 0 bridgehead atoms. The molecule has 1 saturated heterocycles. The van der Waals surface area contributed by atoms with E-state index in [0.717, 1.165) is 16.9 Å². The summed E-state index contributed by atoms with van der Waals surface area (Å²) in [5.74, 6) is 0.659. The summed E-state index contributed by atoms with van der Waals surface area (Å²) in [7, 11) is 1.63. The third-order valence-electron chi connectivity index (χ3n) is 3.72. The zero-order chi connectivity index (χ0) is 14.6. The van der Waals surface area contributed by atoms with Crippen molar-refractivity contribution in [2.75, 3.05) is 20.3 Å². The summed E-state index contributed by atoms with van der Waals surface area (Å²) in [6, 6.07) is 5.91. The van der Waals surface area contributed by atoms with Crippen LogP contribution in [-0.2, 0) is 16.1 Å². The Kier molecular flexibility index (Phi) is 4.62. The fourth-order valence-corrected chi connectivity index (χ4v) is 2.31. The maximum Gasteiger partial charge on any atom is 0.240 e. The minimum Gasteiger partial charge on any atom is -0.496 e. The predicted octanol–water partition coefficient (Wildman–Crippen LogP) is 1.13. The van der Waals surface area contributed by atoms with Crippen LogP contribution in [0.2, 0.25) is 0 Å². The van der Waals surface area contributed by atoms with Crippen molar-refractivity contribution in [2.45, 2.75) is 31.8 Å². The summed E-state index contributed by atoms with van der Waals surface area (Å²) in [4.78, 5) is 12.2. The highest BCUT2D eigenvalue weighted by atomic mass is 16.5. The number of methoxy groups -OCH3 is 1. The van der Waals surface area contributed by atoms with Gasteiger partial charge in [0, 0.05) is 25.3 Å². The van der Waals surface area contributed by atoms with Crippen LogP contribution in [0, 0.1) is 6.92 Å². The Labute approximate surface area is 119 Å². The van der Waals surface area contributed by atoms with E-state index in [-0.39, 0.29) is 5.91 Å². The molecule has 20 heavy (non-hydrogen) atoms. The third kappa shape index (κ3) is 3.29. The molecule has 110 valence electrons. The van der Waals surface area contributed by atoms with Gasteiger partial charge in [-0.25, -0.2) is 0 Å². The number of nitrogens with two attached hydrogens (primary N) is 1. The van der Waals surface area contributed by atoms with Crippen molar-refractivity contribution in [1.82, 2.24) is 5.32 Å². The van der Waals surface area contributed by atoms with Gasteiger partial charge in [-0.2, -0.15) is 0 Å². The summed E-state index contributed by atoms with van der Waals surface area (Å²) < 4.78 is 10.6. The SMILES string of the molecule is COc1cc(C)ccc1CNC(=O)C1(N)CCOCC1. The molecule has 0 aromatic heterocycles. The first-order valence-corrected chi connectivity index (χ1v) is 6.83. The van der Waals surface area contributed by atoms with Gasteiger partial charge in [0.1, 0.15) is 5.75 Å². The molecule has 0 radical (unpaired) electrons. The summed E-state index contributed by atoms with van der Waals surface area (Å²) in [5.41, 5.74) is 7.40. The molecule has 1 heterocycles. The number of carbonyl (C=O) groups excluding carboxylic acids is 1. The average Bonchev–Trinajstić information content (AvgIpc) is 2.46. The molecule has 1 aromatic rings. The number of amides is 1. The molecule has 5 nitrogen and oxygen atoms in total. The summed E-state index contributed by atoms with van der Waals surface area (Å²) >= 11 is 0. The molecule has 1 fully saturated rings. The molecule has 1 aliphatic heterocycles. The van der Waals surface area contributed by atoms with E-state index in [4.69, 9.17) is 15.2 Å². The molecule has 0 atom stereocenters. The first-order valence-electron chi connectivity index (χ1n) is 6.83. The lowest BCUT2D eigenvalue weighted by Crippen LogP contribution is -2.56. The number of hydrogen-bond donors (Lipinski definition) is 2. The van der Waals surface area contributed by atoms with E-state index in [1.54, 1.807) is 7.11 Å². The van der Waals surface area contributed by atoms with Crippen LogP contribution in [0.15, 0.2) is 18.2 Å². The van der Waals surface area contributed by atoms with Crippen molar-refractivity contribution in [3.05, 3.63) is 29.3 Å². The molecule has 1 amide bonds. The second-order valence-corrected chi connectivity index (χ2v) is 5.27. The zero-order valence-corrected chi connectivity index (χ0v) is 12.1. The number of carbonyl (C=O) groups is 1. The third-order valence-corrected chi connectivity index (χ3v) is 3.72. The summed E-state index contributed by atoms with van der Waals surface area (Å²) in [6.07, 6.45) is 1.12. The molecule has 0 unspecified atom stereocenters. The maximum absolute atomic E-state index is 12.2. The van der Waals surface area contributed by atoms with Crippen LogP contribution in [0.1, 0.15) is 24.0 Å². The van der Waals surface area contributed by atoms with E-state index in [1.807, 2.05) is 25.1 Å². The fraction of sp³-hybridized carbons (Fsp3) is 0.533. The second-order valence-electron chi connectivity index (χ2n) is 5.27. The van der Waals surface area contributed by atoms with Crippen molar-refractivity contribution < 1.29 is 14.3 Å². The Hall–Kier alpha value is -1.59. The quantitative estimate of drug-likeness (QED) is 0.866. The highest BCUT2D eigenvalue weighted by Gasteiger charge is 2.35. The van der Waals surface area contributed by atoms with Crippen LogP contribution < -0.4 is 15.8 Å². The van der Waals surface area contributed by atoms with Gasteiger partial charge in [-0.1, -0.05) is 12.1 Å². The molecule has 5 heteroatoms. The Morgan fingerprint density at radius 2 is 2.15 bits per heavy atom. The summed E-state index contributed by atoms with van der Waals surface area (Å²) in [5, 5.41) is 2.90. The minimum absolute atomic E-state index is 0.122. The molecular weight excluding hydrogens is 256 g/mol. The lowest BCUT2D eigenvalue weighted by Gasteiger charge is -2.31. The number of aryl methyl sites for hydroxylation is 1. The van der Waals surface area contributed by atoms with Gasteiger partial charge >= 0.3 is 0 Å². The van der Waals surface area contributed by atoms with Gasteiger partial charge in [-0.15, -0.1) is 0 Å². The molecule has 3 N–H and O–H groups in total. The van der Waals surface area contributed by atoms with Crippen molar-refractivity contribution in [2.24, 2.45) is 5.73 Å². The van der Waals surface area contributed by atoms with Gasteiger partial charge in [-0.3, -0.25) is 4.79 Å². The van der Waals surface area contributed by atoms with Gasteiger partial charge in [0.05, 0.1) is 12.6 Å². The first kappa shape index (κ1) is 14.8. The summed E-state index contributed by atoms with van der Waals surface area (Å²) in [6.45, 7) is 3.50.